The molecular formula is C14H13NO. The molecule has 0 aliphatic rings. The van der Waals surface area contributed by atoms with Gasteiger partial charge in [0.1, 0.15) is 5.75 Å². The highest BCUT2D eigenvalue weighted by molar-refractivity contribution is 6.09. The zero-order valence-corrected chi connectivity index (χ0v) is 9.07. The first kappa shape index (κ1) is 10.4. The van der Waals surface area contributed by atoms with Gasteiger partial charge in [-0.2, -0.15) is 0 Å². The summed E-state index contributed by atoms with van der Waals surface area (Å²) in [7, 11) is 0. The molecule has 0 fully saturated rings. The molecule has 0 bridgehead atoms. The summed E-state index contributed by atoms with van der Waals surface area (Å²) in [5.41, 5.74) is 1.92. The number of fused-ring (bicyclic) bond motifs is 1. The van der Waals surface area contributed by atoms with Crippen LogP contribution < -0.4 is 0 Å². The van der Waals surface area contributed by atoms with Gasteiger partial charge in [0.05, 0.1) is 0 Å². The number of hydrogen-bond acceptors (Lipinski definition) is 2. The standard InChI is InChI=1S/C14H13NO/c1-2-10(9-15)11-3-4-13-8-14(16)6-5-12(13)7-11/h2-9,15-16H,1H3/b10-2+,15-9?. The predicted molar refractivity (Wildman–Crippen MR) is 68.0 cm³/mol. The Morgan fingerprint density at radius 1 is 1.12 bits per heavy atom. The number of phenolic OH excluding ortho intramolecular Hbond substituents is 1. The molecule has 2 rings (SSSR count). The summed E-state index contributed by atoms with van der Waals surface area (Å²) in [6, 6.07) is 11.2. The smallest absolute Gasteiger partial charge is 0.116 e. The van der Waals surface area contributed by atoms with E-state index in [2.05, 4.69) is 0 Å². The maximum atomic E-state index is 9.35. The summed E-state index contributed by atoms with van der Waals surface area (Å²) in [5, 5.41) is 18.7. The van der Waals surface area contributed by atoms with Crippen molar-refractivity contribution >= 4 is 22.6 Å². The van der Waals surface area contributed by atoms with Gasteiger partial charge in [-0.15, -0.1) is 0 Å². The van der Waals surface area contributed by atoms with Gasteiger partial charge in [-0.05, 0) is 47.0 Å². The summed E-state index contributed by atoms with van der Waals surface area (Å²) in [6.45, 7) is 1.92. The van der Waals surface area contributed by atoms with Gasteiger partial charge < -0.3 is 10.5 Å². The van der Waals surface area contributed by atoms with Crippen LogP contribution in [0, 0.1) is 5.41 Å². The second kappa shape index (κ2) is 4.19. The number of allylic oxidation sites excluding steroid dienone is 2. The van der Waals surface area contributed by atoms with Crippen molar-refractivity contribution < 1.29 is 5.11 Å². The van der Waals surface area contributed by atoms with E-state index in [-0.39, 0.29) is 5.75 Å². The third-order valence-electron chi connectivity index (χ3n) is 2.62. The molecule has 0 heterocycles. The fourth-order valence-electron chi connectivity index (χ4n) is 1.75. The number of rotatable bonds is 2. The van der Waals surface area contributed by atoms with Crippen molar-refractivity contribution in [2.24, 2.45) is 0 Å². The second-order valence-electron chi connectivity index (χ2n) is 3.63. The van der Waals surface area contributed by atoms with Gasteiger partial charge in [0, 0.05) is 6.21 Å². The van der Waals surface area contributed by atoms with Crippen LogP contribution in [0.1, 0.15) is 12.5 Å². The van der Waals surface area contributed by atoms with Crippen molar-refractivity contribution in [2.75, 3.05) is 0 Å². The zero-order valence-electron chi connectivity index (χ0n) is 9.07. The largest absolute Gasteiger partial charge is 0.508 e. The molecule has 0 spiro atoms. The van der Waals surface area contributed by atoms with E-state index < -0.39 is 0 Å². The average Bonchev–Trinajstić information content (AvgIpc) is 2.31. The molecule has 0 aliphatic carbocycles. The first-order valence-electron chi connectivity index (χ1n) is 5.14. The molecule has 0 saturated carbocycles. The second-order valence-corrected chi connectivity index (χ2v) is 3.63. The molecule has 0 atom stereocenters. The third kappa shape index (κ3) is 1.82. The van der Waals surface area contributed by atoms with Crippen LogP contribution in [0.5, 0.6) is 5.75 Å². The van der Waals surface area contributed by atoms with E-state index in [1.807, 2.05) is 37.3 Å². The normalized spacial score (nSPS) is 11.7. The molecular weight excluding hydrogens is 198 g/mol. The Balaban J connectivity index is 2.60. The number of nitrogens with one attached hydrogen (secondary N) is 1. The highest BCUT2D eigenvalue weighted by atomic mass is 16.3. The first-order chi connectivity index (χ1) is 7.74. The molecule has 2 heteroatoms. The van der Waals surface area contributed by atoms with Gasteiger partial charge in [-0.3, -0.25) is 0 Å². The fraction of sp³-hybridized carbons (Fsp3) is 0.0714. The van der Waals surface area contributed by atoms with Crippen LogP contribution in [-0.2, 0) is 0 Å². The van der Waals surface area contributed by atoms with E-state index in [1.54, 1.807) is 12.1 Å². The van der Waals surface area contributed by atoms with Crippen LogP contribution in [0.15, 0.2) is 42.5 Å². The summed E-state index contributed by atoms with van der Waals surface area (Å²) in [4.78, 5) is 0. The van der Waals surface area contributed by atoms with Gasteiger partial charge in [0.25, 0.3) is 0 Å². The quantitative estimate of drug-likeness (QED) is 0.732. The van der Waals surface area contributed by atoms with Crippen molar-refractivity contribution in [3.05, 3.63) is 48.0 Å². The molecule has 0 saturated heterocycles. The molecule has 0 radical (unpaired) electrons. The van der Waals surface area contributed by atoms with Crippen LogP contribution in [0.4, 0.5) is 0 Å². The Kier molecular flexibility index (Phi) is 2.73. The van der Waals surface area contributed by atoms with Crippen LogP contribution in [0.3, 0.4) is 0 Å². The molecule has 16 heavy (non-hydrogen) atoms. The van der Waals surface area contributed by atoms with Crippen LogP contribution in [-0.4, -0.2) is 11.3 Å². The predicted octanol–water partition coefficient (Wildman–Crippen LogP) is 3.60. The van der Waals surface area contributed by atoms with E-state index in [9.17, 15) is 5.11 Å². The maximum Gasteiger partial charge on any atom is 0.116 e. The third-order valence-corrected chi connectivity index (χ3v) is 2.62. The van der Waals surface area contributed by atoms with E-state index in [1.165, 1.54) is 6.21 Å². The fourth-order valence-corrected chi connectivity index (χ4v) is 1.75. The molecule has 2 N–H and O–H groups in total. The van der Waals surface area contributed by atoms with Crippen molar-refractivity contribution in [2.45, 2.75) is 6.92 Å². The first-order valence-corrected chi connectivity index (χ1v) is 5.14. The van der Waals surface area contributed by atoms with Crippen molar-refractivity contribution in [1.29, 1.82) is 5.41 Å². The number of benzene rings is 2. The Morgan fingerprint density at radius 3 is 2.50 bits per heavy atom. The number of phenols is 1. The summed E-state index contributed by atoms with van der Waals surface area (Å²) in [5.74, 6) is 0.276. The lowest BCUT2D eigenvalue weighted by Gasteiger charge is -2.04. The summed E-state index contributed by atoms with van der Waals surface area (Å²) < 4.78 is 0. The minimum absolute atomic E-state index is 0.276. The summed E-state index contributed by atoms with van der Waals surface area (Å²) >= 11 is 0. The Labute approximate surface area is 94.4 Å². The Hall–Kier alpha value is -2.09. The van der Waals surface area contributed by atoms with Gasteiger partial charge in [0.2, 0.25) is 0 Å². The number of aromatic hydroxyl groups is 1. The van der Waals surface area contributed by atoms with Crippen molar-refractivity contribution in [3.63, 3.8) is 0 Å². The molecule has 0 aliphatic heterocycles. The van der Waals surface area contributed by atoms with E-state index in [0.29, 0.717) is 0 Å². The van der Waals surface area contributed by atoms with Gasteiger partial charge in [0.15, 0.2) is 0 Å². The van der Waals surface area contributed by atoms with E-state index >= 15 is 0 Å². The van der Waals surface area contributed by atoms with Gasteiger partial charge in [-0.25, -0.2) is 0 Å². The SMILES string of the molecule is C/C=C(\C=N)c1ccc2cc(O)ccc2c1. The summed E-state index contributed by atoms with van der Waals surface area (Å²) in [6.07, 6.45) is 3.26. The Morgan fingerprint density at radius 2 is 1.81 bits per heavy atom. The van der Waals surface area contributed by atoms with Crippen molar-refractivity contribution in [1.82, 2.24) is 0 Å². The molecule has 2 aromatic rings. The lowest BCUT2D eigenvalue weighted by atomic mass is 10.0. The highest BCUT2D eigenvalue weighted by Gasteiger charge is 2.00. The van der Waals surface area contributed by atoms with Crippen molar-refractivity contribution in [3.8, 4) is 5.75 Å². The zero-order chi connectivity index (χ0) is 11.5. The minimum atomic E-state index is 0.276. The average molecular weight is 211 g/mol. The monoisotopic (exact) mass is 211 g/mol. The van der Waals surface area contributed by atoms with Gasteiger partial charge in [-0.1, -0.05) is 24.3 Å². The van der Waals surface area contributed by atoms with E-state index in [4.69, 9.17) is 5.41 Å². The Bertz CT molecular complexity index is 570. The minimum Gasteiger partial charge on any atom is -0.508 e. The molecule has 2 nitrogen and oxygen atoms in total. The van der Waals surface area contributed by atoms with Crippen LogP contribution in [0.2, 0.25) is 0 Å². The van der Waals surface area contributed by atoms with Crippen LogP contribution in [0.25, 0.3) is 16.3 Å². The molecule has 80 valence electrons. The topological polar surface area (TPSA) is 44.1 Å². The molecule has 0 unspecified atom stereocenters. The molecule has 0 amide bonds. The van der Waals surface area contributed by atoms with Gasteiger partial charge >= 0.3 is 0 Å². The highest BCUT2D eigenvalue weighted by Crippen LogP contribution is 2.23. The molecule has 0 aromatic heterocycles. The lowest BCUT2D eigenvalue weighted by molar-refractivity contribution is 0.476. The van der Waals surface area contributed by atoms with Crippen LogP contribution >= 0.6 is 0 Å². The maximum absolute atomic E-state index is 9.35. The van der Waals surface area contributed by atoms with E-state index in [0.717, 1.165) is 21.9 Å². The number of hydrogen-bond donors (Lipinski definition) is 2. The lowest BCUT2D eigenvalue weighted by Crippen LogP contribution is -1.84. The molecule has 2 aromatic carbocycles.